The Labute approximate surface area is 227 Å². The van der Waals surface area contributed by atoms with Crippen LogP contribution in [0.15, 0.2) is 64.4 Å². The van der Waals surface area contributed by atoms with E-state index in [1.807, 2.05) is 75.4 Å². The number of carbonyl (C=O) groups is 2. The van der Waals surface area contributed by atoms with Gasteiger partial charge in [-0.2, -0.15) is 0 Å². The molecule has 3 aromatic rings. The van der Waals surface area contributed by atoms with Crippen molar-refractivity contribution in [3.05, 3.63) is 71.3 Å². The highest BCUT2D eigenvalue weighted by Crippen LogP contribution is 2.51. The van der Waals surface area contributed by atoms with Gasteiger partial charge in [-0.1, -0.05) is 42.1 Å². The lowest BCUT2D eigenvalue weighted by Crippen LogP contribution is -2.32. The summed E-state index contributed by atoms with van der Waals surface area (Å²) in [6.45, 7) is 5.84. The SMILES string of the molecule is COc1ccc2c(c1CNC(=O)OC(C)(C)C)Sc1c(ccc(OC)c1CC(=O)OCc1ccccc1)N2. The molecular formula is C29H32N2O6S. The molecule has 1 aliphatic heterocycles. The van der Waals surface area contributed by atoms with Crippen LogP contribution in [0.5, 0.6) is 11.5 Å². The van der Waals surface area contributed by atoms with E-state index in [0.717, 1.165) is 37.9 Å². The maximum Gasteiger partial charge on any atom is 0.407 e. The summed E-state index contributed by atoms with van der Waals surface area (Å²) >= 11 is 1.49. The lowest BCUT2D eigenvalue weighted by Gasteiger charge is -2.27. The Kier molecular flexibility index (Phi) is 8.36. The Morgan fingerprint density at radius 3 is 2.08 bits per heavy atom. The Morgan fingerprint density at radius 2 is 1.47 bits per heavy atom. The number of fused-ring (bicyclic) bond motifs is 2. The zero-order valence-corrected chi connectivity index (χ0v) is 23.0. The van der Waals surface area contributed by atoms with Crippen LogP contribution in [0.25, 0.3) is 0 Å². The monoisotopic (exact) mass is 536 g/mol. The predicted octanol–water partition coefficient (Wildman–Crippen LogP) is 6.22. The maximum atomic E-state index is 12.9. The van der Waals surface area contributed by atoms with Crippen LogP contribution in [0.4, 0.5) is 16.2 Å². The van der Waals surface area contributed by atoms with Gasteiger partial charge in [0.05, 0.1) is 38.6 Å². The van der Waals surface area contributed by atoms with E-state index in [2.05, 4.69) is 10.6 Å². The minimum atomic E-state index is -0.611. The lowest BCUT2D eigenvalue weighted by molar-refractivity contribution is -0.144. The molecule has 1 heterocycles. The van der Waals surface area contributed by atoms with Gasteiger partial charge in [0, 0.05) is 20.9 Å². The van der Waals surface area contributed by atoms with Gasteiger partial charge in [-0.3, -0.25) is 4.79 Å². The maximum absolute atomic E-state index is 12.9. The number of nitrogens with one attached hydrogen (secondary N) is 2. The molecule has 1 amide bonds. The van der Waals surface area contributed by atoms with Crippen molar-refractivity contribution in [3.63, 3.8) is 0 Å². The highest BCUT2D eigenvalue weighted by Gasteiger charge is 2.27. The number of benzene rings is 3. The molecule has 38 heavy (non-hydrogen) atoms. The van der Waals surface area contributed by atoms with Gasteiger partial charge < -0.3 is 29.6 Å². The molecule has 4 rings (SSSR count). The standard InChI is InChI=1S/C29H32N2O6S/c1-29(2,3)37-28(33)30-16-20-24(35-5)14-12-22-27(20)38-26-19(23(34-4)13-11-21(26)31-22)15-25(32)36-17-18-9-7-6-8-10-18/h6-14,31H,15-17H2,1-5H3,(H,30,33). The number of hydrogen-bond acceptors (Lipinski definition) is 8. The molecule has 0 bridgehead atoms. The Balaban J connectivity index is 1.60. The third-order valence-electron chi connectivity index (χ3n) is 5.72. The normalized spacial score (nSPS) is 11.9. The van der Waals surface area contributed by atoms with Gasteiger partial charge in [0.2, 0.25) is 0 Å². The molecule has 2 N–H and O–H groups in total. The molecule has 0 saturated carbocycles. The first-order valence-electron chi connectivity index (χ1n) is 12.2. The number of amides is 1. The van der Waals surface area contributed by atoms with Crippen molar-refractivity contribution in [2.75, 3.05) is 19.5 Å². The van der Waals surface area contributed by atoms with E-state index in [1.165, 1.54) is 11.8 Å². The van der Waals surface area contributed by atoms with Gasteiger partial charge in [0.1, 0.15) is 23.7 Å². The summed E-state index contributed by atoms with van der Waals surface area (Å²) in [5.74, 6) is 0.864. The summed E-state index contributed by atoms with van der Waals surface area (Å²) in [6.07, 6.45) is -0.478. The molecular weight excluding hydrogens is 504 g/mol. The molecule has 8 nitrogen and oxygen atoms in total. The van der Waals surface area contributed by atoms with Crippen molar-refractivity contribution >= 4 is 35.2 Å². The van der Waals surface area contributed by atoms with Crippen LogP contribution in [0.1, 0.15) is 37.5 Å². The molecule has 0 aliphatic carbocycles. The van der Waals surface area contributed by atoms with Crippen LogP contribution in [0, 0.1) is 0 Å². The molecule has 0 fully saturated rings. The molecule has 0 radical (unpaired) electrons. The molecule has 9 heteroatoms. The molecule has 0 atom stereocenters. The fourth-order valence-corrected chi connectivity index (χ4v) is 5.28. The third-order valence-corrected chi connectivity index (χ3v) is 7.06. The van der Waals surface area contributed by atoms with Crippen molar-refractivity contribution in [2.45, 2.75) is 55.7 Å². The highest BCUT2D eigenvalue weighted by molar-refractivity contribution is 7.99. The number of anilines is 2. The number of alkyl carbamates (subject to hydrolysis) is 1. The second-order valence-corrected chi connectivity index (χ2v) is 10.7. The first-order chi connectivity index (χ1) is 18.2. The minimum Gasteiger partial charge on any atom is -0.496 e. The quantitative estimate of drug-likeness (QED) is 0.256. The highest BCUT2D eigenvalue weighted by atomic mass is 32.2. The number of hydrogen-bond donors (Lipinski definition) is 2. The van der Waals surface area contributed by atoms with E-state index >= 15 is 0 Å². The van der Waals surface area contributed by atoms with Gasteiger partial charge in [-0.25, -0.2) is 4.79 Å². The summed E-state index contributed by atoms with van der Waals surface area (Å²) in [4.78, 5) is 26.9. The summed E-state index contributed by atoms with van der Waals surface area (Å²) < 4.78 is 22.2. The van der Waals surface area contributed by atoms with Crippen molar-refractivity contribution < 1.29 is 28.5 Å². The predicted molar refractivity (Wildman–Crippen MR) is 146 cm³/mol. The van der Waals surface area contributed by atoms with Crippen LogP contribution >= 0.6 is 11.8 Å². The fraction of sp³-hybridized carbons (Fsp3) is 0.310. The topological polar surface area (TPSA) is 95.1 Å². The number of methoxy groups -OCH3 is 2. The van der Waals surface area contributed by atoms with E-state index in [1.54, 1.807) is 14.2 Å². The van der Waals surface area contributed by atoms with Gasteiger partial charge >= 0.3 is 12.1 Å². The molecule has 0 aromatic heterocycles. The lowest BCUT2D eigenvalue weighted by atomic mass is 10.1. The molecule has 1 aliphatic rings. The number of ether oxygens (including phenoxy) is 4. The van der Waals surface area contributed by atoms with Crippen LogP contribution in [0.3, 0.4) is 0 Å². The number of rotatable bonds is 8. The van der Waals surface area contributed by atoms with Crippen LogP contribution in [0.2, 0.25) is 0 Å². The van der Waals surface area contributed by atoms with E-state index in [-0.39, 0.29) is 25.5 Å². The smallest absolute Gasteiger partial charge is 0.407 e. The first-order valence-corrected chi connectivity index (χ1v) is 13.0. The summed E-state index contributed by atoms with van der Waals surface area (Å²) in [5.41, 5.74) is 3.54. The van der Waals surface area contributed by atoms with Gasteiger partial charge in [0.15, 0.2) is 0 Å². The van der Waals surface area contributed by atoms with Gasteiger partial charge in [-0.05, 0) is 50.6 Å². The van der Waals surface area contributed by atoms with Crippen molar-refractivity contribution in [2.24, 2.45) is 0 Å². The van der Waals surface area contributed by atoms with E-state index in [0.29, 0.717) is 11.5 Å². The zero-order valence-electron chi connectivity index (χ0n) is 22.2. The minimum absolute atomic E-state index is 0.0403. The van der Waals surface area contributed by atoms with Crippen LogP contribution in [-0.2, 0) is 33.8 Å². The van der Waals surface area contributed by atoms with Crippen molar-refractivity contribution in [1.82, 2.24) is 5.32 Å². The first kappa shape index (κ1) is 27.2. The largest absolute Gasteiger partial charge is 0.496 e. The van der Waals surface area contributed by atoms with E-state index in [9.17, 15) is 9.59 Å². The van der Waals surface area contributed by atoms with Crippen LogP contribution in [-0.4, -0.2) is 31.9 Å². The van der Waals surface area contributed by atoms with Gasteiger partial charge in [-0.15, -0.1) is 0 Å². The summed E-state index contributed by atoms with van der Waals surface area (Å²) in [5, 5.41) is 6.28. The molecule has 0 spiro atoms. The summed E-state index contributed by atoms with van der Waals surface area (Å²) in [6, 6.07) is 17.1. The number of esters is 1. The second-order valence-electron chi connectivity index (χ2n) is 9.65. The van der Waals surface area contributed by atoms with E-state index < -0.39 is 11.7 Å². The zero-order chi connectivity index (χ0) is 27.3. The van der Waals surface area contributed by atoms with Crippen molar-refractivity contribution in [1.29, 1.82) is 0 Å². The fourth-order valence-electron chi connectivity index (χ4n) is 4.02. The molecule has 3 aromatic carbocycles. The van der Waals surface area contributed by atoms with Gasteiger partial charge in [0.25, 0.3) is 0 Å². The second kappa shape index (κ2) is 11.7. The summed E-state index contributed by atoms with van der Waals surface area (Å²) in [7, 11) is 3.17. The molecule has 0 unspecified atom stereocenters. The third kappa shape index (κ3) is 6.52. The average molecular weight is 537 g/mol. The van der Waals surface area contributed by atoms with Crippen molar-refractivity contribution in [3.8, 4) is 11.5 Å². The molecule has 200 valence electrons. The Hall–Kier alpha value is -3.85. The average Bonchev–Trinajstić information content (AvgIpc) is 2.89. The Bertz CT molecular complexity index is 1320. The van der Waals surface area contributed by atoms with E-state index in [4.69, 9.17) is 18.9 Å². The van der Waals surface area contributed by atoms with Crippen LogP contribution < -0.4 is 20.1 Å². The molecule has 0 saturated heterocycles. The number of carbonyl (C=O) groups excluding carboxylic acids is 2. The Morgan fingerprint density at radius 1 is 0.868 bits per heavy atom.